The minimum absolute atomic E-state index is 0.00971. The van der Waals surface area contributed by atoms with Gasteiger partial charge in [-0.2, -0.15) is 0 Å². The summed E-state index contributed by atoms with van der Waals surface area (Å²) >= 11 is 0. The molecule has 1 aliphatic rings. The molecule has 2 N–H and O–H groups in total. The van der Waals surface area contributed by atoms with E-state index in [-0.39, 0.29) is 24.9 Å². The Morgan fingerprint density at radius 2 is 1.89 bits per heavy atom. The zero-order valence-corrected chi connectivity index (χ0v) is 16.8. The number of aryl methyl sites for hydroxylation is 2. The Hall–Kier alpha value is -2.44. The molecule has 0 aromatic heterocycles. The van der Waals surface area contributed by atoms with Crippen LogP contribution >= 0.6 is 0 Å². The van der Waals surface area contributed by atoms with E-state index in [0.29, 0.717) is 0 Å². The molecule has 0 saturated carbocycles. The summed E-state index contributed by atoms with van der Waals surface area (Å²) < 4.78 is 26.6. The minimum atomic E-state index is -3.58. The van der Waals surface area contributed by atoms with Crippen LogP contribution < -0.4 is 10.0 Å². The molecule has 1 unspecified atom stereocenters. The van der Waals surface area contributed by atoms with E-state index >= 15 is 0 Å². The molecule has 2 aromatic carbocycles. The highest BCUT2D eigenvalue weighted by atomic mass is 32.2. The van der Waals surface area contributed by atoms with Crippen molar-refractivity contribution >= 4 is 22.0 Å². The SMILES string of the molecule is Cc1ccc(C=CS(=O)(=O)NCCC(=O)NC2CCCc3ccccc32)cc1. The predicted octanol–water partition coefficient (Wildman–Crippen LogP) is 3.47. The molecule has 0 bridgehead atoms. The molecule has 148 valence electrons. The van der Waals surface area contributed by atoms with Crippen LogP contribution in [0.25, 0.3) is 6.08 Å². The summed E-state index contributed by atoms with van der Waals surface area (Å²) in [6, 6.07) is 15.7. The van der Waals surface area contributed by atoms with Gasteiger partial charge in [0.15, 0.2) is 0 Å². The Labute approximate surface area is 166 Å². The minimum Gasteiger partial charge on any atom is -0.349 e. The van der Waals surface area contributed by atoms with E-state index in [0.717, 1.165) is 35.8 Å². The summed E-state index contributed by atoms with van der Waals surface area (Å²) in [6.07, 6.45) is 4.64. The van der Waals surface area contributed by atoms with Gasteiger partial charge in [-0.25, -0.2) is 13.1 Å². The van der Waals surface area contributed by atoms with Gasteiger partial charge in [0.25, 0.3) is 0 Å². The van der Waals surface area contributed by atoms with Gasteiger partial charge in [-0.05, 0) is 49.0 Å². The van der Waals surface area contributed by atoms with Crippen LogP contribution in [0.4, 0.5) is 0 Å². The average Bonchev–Trinajstić information content (AvgIpc) is 2.68. The average molecular weight is 399 g/mol. The highest BCUT2D eigenvalue weighted by Crippen LogP contribution is 2.29. The molecule has 0 spiro atoms. The monoisotopic (exact) mass is 398 g/mol. The van der Waals surface area contributed by atoms with Gasteiger partial charge in [-0.3, -0.25) is 4.79 Å². The molecule has 3 rings (SSSR count). The Morgan fingerprint density at radius 1 is 1.14 bits per heavy atom. The van der Waals surface area contributed by atoms with E-state index in [1.54, 1.807) is 6.08 Å². The zero-order valence-electron chi connectivity index (χ0n) is 16.0. The fourth-order valence-corrected chi connectivity index (χ4v) is 4.19. The van der Waals surface area contributed by atoms with Gasteiger partial charge in [0.05, 0.1) is 6.04 Å². The second-order valence-corrected chi connectivity index (χ2v) is 8.76. The maximum absolute atomic E-state index is 12.3. The molecule has 0 radical (unpaired) electrons. The Balaban J connectivity index is 1.48. The van der Waals surface area contributed by atoms with E-state index < -0.39 is 10.0 Å². The molecule has 5 nitrogen and oxygen atoms in total. The smallest absolute Gasteiger partial charge is 0.233 e. The van der Waals surface area contributed by atoms with E-state index in [4.69, 9.17) is 0 Å². The van der Waals surface area contributed by atoms with Gasteiger partial charge >= 0.3 is 0 Å². The number of fused-ring (bicyclic) bond motifs is 1. The normalized spacial score (nSPS) is 16.7. The van der Waals surface area contributed by atoms with Crippen molar-refractivity contribution in [1.29, 1.82) is 0 Å². The lowest BCUT2D eigenvalue weighted by Gasteiger charge is -2.26. The summed E-state index contributed by atoms with van der Waals surface area (Å²) in [7, 11) is -3.58. The van der Waals surface area contributed by atoms with Crippen molar-refractivity contribution in [3.8, 4) is 0 Å². The van der Waals surface area contributed by atoms with E-state index in [1.165, 1.54) is 11.1 Å². The number of hydrogen-bond acceptors (Lipinski definition) is 3. The van der Waals surface area contributed by atoms with Crippen LogP contribution in [-0.4, -0.2) is 20.9 Å². The summed E-state index contributed by atoms with van der Waals surface area (Å²) in [5, 5.41) is 4.16. The first-order valence-corrected chi connectivity index (χ1v) is 11.1. The molecule has 0 fully saturated rings. The molecule has 28 heavy (non-hydrogen) atoms. The first-order chi connectivity index (χ1) is 13.4. The fraction of sp³-hybridized carbons (Fsp3) is 0.318. The molecular formula is C22H26N2O3S. The number of amides is 1. The molecule has 0 aliphatic heterocycles. The van der Waals surface area contributed by atoms with Crippen LogP contribution in [0, 0.1) is 6.92 Å². The van der Waals surface area contributed by atoms with Gasteiger partial charge in [0, 0.05) is 18.4 Å². The largest absolute Gasteiger partial charge is 0.349 e. The number of carbonyl (C=O) groups excluding carboxylic acids is 1. The van der Waals surface area contributed by atoms with Gasteiger partial charge in [-0.1, -0.05) is 54.1 Å². The second-order valence-electron chi connectivity index (χ2n) is 7.11. The zero-order chi connectivity index (χ0) is 20.0. The fourth-order valence-electron chi connectivity index (χ4n) is 3.37. The van der Waals surface area contributed by atoms with Crippen LogP contribution in [0.15, 0.2) is 53.9 Å². The number of carbonyl (C=O) groups is 1. The number of benzene rings is 2. The van der Waals surface area contributed by atoms with Gasteiger partial charge in [0.1, 0.15) is 0 Å². The third-order valence-corrected chi connectivity index (χ3v) is 5.98. The molecule has 1 amide bonds. The summed E-state index contributed by atoms with van der Waals surface area (Å²) in [4.78, 5) is 12.3. The Kier molecular flexibility index (Phi) is 6.65. The second kappa shape index (κ2) is 9.17. The van der Waals surface area contributed by atoms with Crippen molar-refractivity contribution in [2.75, 3.05) is 6.54 Å². The highest BCUT2D eigenvalue weighted by Gasteiger charge is 2.21. The van der Waals surface area contributed by atoms with Crippen LogP contribution in [-0.2, 0) is 21.2 Å². The highest BCUT2D eigenvalue weighted by molar-refractivity contribution is 7.92. The van der Waals surface area contributed by atoms with Crippen LogP contribution in [0.3, 0.4) is 0 Å². The van der Waals surface area contributed by atoms with Crippen molar-refractivity contribution in [2.24, 2.45) is 0 Å². The number of rotatable bonds is 7. The quantitative estimate of drug-likeness (QED) is 0.750. The summed E-state index contributed by atoms with van der Waals surface area (Å²) in [5.74, 6) is -0.146. The number of hydrogen-bond donors (Lipinski definition) is 2. The number of sulfonamides is 1. The molecule has 0 heterocycles. The van der Waals surface area contributed by atoms with Gasteiger partial charge in [0.2, 0.25) is 15.9 Å². The summed E-state index contributed by atoms with van der Waals surface area (Å²) in [5.41, 5.74) is 4.37. The van der Waals surface area contributed by atoms with Crippen molar-refractivity contribution in [3.63, 3.8) is 0 Å². The molecule has 1 aliphatic carbocycles. The Morgan fingerprint density at radius 3 is 2.68 bits per heavy atom. The lowest BCUT2D eigenvalue weighted by molar-refractivity contribution is -0.121. The third-order valence-electron chi connectivity index (χ3n) is 4.88. The number of nitrogens with one attached hydrogen (secondary N) is 2. The van der Waals surface area contributed by atoms with Crippen LogP contribution in [0.5, 0.6) is 0 Å². The standard InChI is InChI=1S/C22H26N2O3S/c1-17-9-11-18(12-10-17)14-16-28(26,27)23-15-13-22(25)24-21-8-4-6-19-5-2-3-7-20(19)21/h2-3,5,7,9-12,14,16,21,23H,4,6,8,13,15H2,1H3,(H,24,25). The topological polar surface area (TPSA) is 75.3 Å². The van der Waals surface area contributed by atoms with E-state index in [2.05, 4.69) is 22.2 Å². The van der Waals surface area contributed by atoms with Crippen molar-refractivity contribution in [2.45, 2.75) is 38.6 Å². The third kappa shape index (κ3) is 5.78. The maximum Gasteiger partial charge on any atom is 0.233 e. The maximum atomic E-state index is 12.3. The van der Waals surface area contributed by atoms with Gasteiger partial charge < -0.3 is 5.32 Å². The lowest BCUT2D eigenvalue weighted by Crippen LogP contribution is -2.33. The molecule has 6 heteroatoms. The van der Waals surface area contributed by atoms with Gasteiger partial charge in [-0.15, -0.1) is 0 Å². The van der Waals surface area contributed by atoms with E-state index in [9.17, 15) is 13.2 Å². The van der Waals surface area contributed by atoms with E-state index in [1.807, 2.05) is 43.3 Å². The van der Waals surface area contributed by atoms with Crippen molar-refractivity contribution in [1.82, 2.24) is 10.0 Å². The molecule has 2 aromatic rings. The summed E-state index contributed by atoms with van der Waals surface area (Å²) in [6.45, 7) is 2.05. The first kappa shape index (κ1) is 20.3. The van der Waals surface area contributed by atoms with Crippen molar-refractivity contribution in [3.05, 3.63) is 76.2 Å². The first-order valence-electron chi connectivity index (χ1n) is 9.54. The Bertz CT molecular complexity index is 950. The molecular weight excluding hydrogens is 372 g/mol. The lowest BCUT2D eigenvalue weighted by atomic mass is 9.88. The molecule has 1 atom stereocenters. The van der Waals surface area contributed by atoms with Crippen LogP contribution in [0.1, 0.15) is 47.6 Å². The van der Waals surface area contributed by atoms with Crippen LogP contribution in [0.2, 0.25) is 0 Å². The predicted molar refractivity (Wildman–Crippen MR) is 112 cm³/mol. The molecule has 0 saturated heterocycles. The van der Waals surface area contributed by atoms with Crippen molar-refractivity contribution < 1.29 is 13.2 Å².